The van der Waals surface area contributed by atoms with E-state index in [4.69, 9.17) is 16.1 Å². The lowest BCUT2D eigenvalue weighted by Crippen LogP contribution is -2.30. The molecule has 5 nitrogen and oxygen atoms in total. The van der Waals surface area contributed by atoms with Gasteiger partial charge >= 0.3 is 0 Å². The molecule has 1 atom stereocenters. The van der Waals surface area contributed by atoms with Gasteiger partial charge in [0.25, 0.3) is 5.91 Å². The van der Waals surface area contributed by atoms with Crippen molar-refractivity contribution in [1.82, 2.24) is 15.0 Å². The van der Waals surface area contributed by atoms with Crippen LogP contribution in [0.15, 0.2) is 53.1 Å². The first kappa shape index (κ1) is 16.7. The van der Waals surface area contributed by atoms with Gasteiger partial charge in [-0.05, 0) is 61.4 Å². The zero-order chi connectivity index (χ0) is 18.1. The number of halogens is 2. The van der Waals surface area contributed by atoms with Gasteiger partial charge in [0.15, 0.2) is 0 Å². The molecule has 1 aliphatic heterocycles. The van der Waals surface area contributed by atoms with Gasteiger partial charge in [0.05, 0.1) is 0 Å². The van der Waals surface area contributed by atoms with E-state index in [1.165, 1.54) is 24.3 Å². The van der Waals surface area contributed by atoms with Gasteiger partial charge in [0, 0.05) is 22.7 Å². The van der Waals surface area contributed by atoms with Crippen molar-refractivity contribution in [2.24, 2.45) is 0 Å². The zero-order valence-electron chi connectivity index (χ0n) is 13.7. The number of carbonyl (C=O) groups excluding carboxylic acids is 1. The van der Waals surface area contributed by atoms with Gasteiger partial charge in [-0.25, -0.2) is 4.39 Å². The number of rotatable bonds is 3. The van der Waals surface area contributed by atoms with Gasteiger partial charge in [0.1, 0.15) is 11.9 Å². The highest BCUT2D eigenvalue weighted by molar-refractivity contribution is 6.30. The number of amides is 1. The first-order chi connectivity index (χ1) is 12.6. The van der Waals surface area contributed by atoms with E-state index in [-0.39, 0.29) is 17.8 Å². The van der Waals surface area contributed by atoms with E-state index in [2.05, 4.69) is 10.1 Å². The molecule has 2 aromatic carbocycles. The van der Waals surface area contributed by atoms with Gasteiger partial charge in [-0.15, -0.1) is 0 Å². The van der Waals surface area contributed by atoms with E-state index >= 15 is 0 Å². The summed E-state index contributed by atoms with van der Waals surface area (Å²) in [5.41, 5.74) is 1.23. The Bertz CT molecular complexity index is 925. The van der Waals surface area contributed by atoms with Gasteiger partial charge in [-0.3, -0.25) is 4.79 Å². The molecule has 0 spiro atoms. The van der Waals surface area contributed by atoms with E-state index < -0.39 is 0 Å². The Morgan fingerprint density at radius 2 is 1.88 bits per heavy atom. The van der Waals surface area contributed by atoms with Crippen molar-refractivity contribution in [2.75, 3.05) is 6.54 Å². The molecule has 0 N–H and O–H groups in total. The van der Waals surface area contributed by atoms with Crippen molar-refractivity contribution in [2.45, 2.75) is 18.9 Å². The molecule has 1 fully saturated rings. The lowest BCUT2D eigenvalue weighted by atomic mass is 10.1. The number of likely N-dealkylation sites (tertiary alicyclic amines) is 1. The predicted octanol–water partition coefficient (Wildman–Crippen LogP) is 4.51. The first-order valence-corrected chi connectivity index (χ1v) is 8.66. The summed E-state index contributed by atoms with van der Waals surface area (Å²) < 4.78 is 18.5. The third-order valence-corrected chi connectivity index (χ3v) is 4.69. The van der Waals surface area contributed by atoms with Gasteiger partial charge < -0.3 is 9.42 Å². The minimum absolute atomic E-state index is 0.168. The Hall–Kier alpha value is -2.73. The number of carbonyl (C=O) groups is 1. The summed E-state index contributed by atoms with van der Waals surface area (Å²) in [5, 5.41) is 4.65. The second-order valence-electron chi connectivity index (χ2n) is 6.13. The van der Waals surface area contributed by atoms with E-state index in [1.54, 1.807) is 17.0 Å². The number of aromatic nitrogens is 2. The molecular weight excluding hydrogens is 357 g/mol. The lowest BCUT2D eigenvalue weighted by molar-refractivity contribution is 0.0710. The van der Waals surface area contributed by atoms with Crippen molar-refractivity contribution in [3.63, 3.8) is 0 Å². The molecule has 1 aliphatic rings. The monoisotopic (exact) mass is 371 g/mol. The topological polar surface area (TPSA) is 59.2 Å². The molecule has 0 radical (unpaired) electrons. The fourth-order valence-corrected chi connectivity index (χ4v) is 3.24. The Labute approximate surface area is 154 Å². The summed E-state index contributed by atoms with van der Waals surface area (Å²) in [6.07, 6.45) is 1.59. The maximum Gasteiger partial charge on any atom is 0.254 e. The predicted molar refractivity (Wildman–Crippen MR) is 94.2 cm³/mol. The molecular formula is C19H15ClFN3O2. The summed E-state index contributed by atoms with van der Waals surface area (Å²) in [5.74, 6) is 0.323. The Morgan fingerprint density at radius 1 is 1.15 bits per heavy atom. The van der Waals surface area contributed by atoms with Crippen LogP contribution in [0.25, 0.3) is 11.4 Å². The van der Waals surface area contributed by atoms with Crippen LogP contribution in [0.4, 0.5) is 4.39 Å². The van der Waals surface area contributed by atoms with Gasteiger partial charge in [0.2, 0.25) is 11.7 Å². The summed E-state index contributed by atoms with van der Waals surface area (Å²) in [4.78, 5) is 18.9. The molecule has 1 unspecified atom stereocenters. The van der Waals surface area contributed by atoms with Gasteiger partial charge in [-0.2, -0.15) is 4.98 Å². The van der Waals surface area contributed by atoms with Crippen LogP contribution in [-0.2, 0) is 0 Å². The smallest absolute Gasteiger partial charge is 0.254 e. The molecule has 2 heterocycles. The second-order valence-corrected chi connectivity index (χ2v) is 6.56. The Balaban J connectivity index is 1.58. The molecule has 7 heteroatoms. The molecule has 1 amide bonds. The number of hydrogen-bond donors (Lipinski definition) is 0. The van der Waals surface area contributed by atoms with Crippen LogP contribution in [0.1, 0.15) is 35.1 Å². The molecule has 4 rings (SSSR count). The van der Waals surface area contributed by atoms with Crippen molar-refractivity contribution in [1.29, 1.82) is 0 Å². The summed E-state index contributed by atoms with van der Waals surface area (Å²) >= 11 is 5.90. The molecule has 1 saturated heterocycles. The number of nitrogens with zero attached hydrogens (tertiary/aromatic N) is 3. The minimum atomic E-state index is -0.371. The quantitative estimate of drug-likeness (QED) is 0.679. The Kier molecular flexibility index (Phi) is 4.42. The van der Waals surface area contributed by atoms with Crippen molar-refractivity contribution in [3.8, 4) is 11.4 Å². The molecule has 26 heavy (non-hydrogen) atoms. The van der Waals surface area contributed by atoms with Crippen LogP contribution in [0.5, 0.6) is 0 Å². The maximum atomic E-state index is 13.1. The van der Waals surface area contributed by atoms with E-state index in [0.717, 1.165) is 18.4 Å². The molecule has 1 aromatic heterocycles. The summed E-state index contributed by atoms with van der Waals surface area (Å²) in [6.45, 7) is 0.597. The highest BCUT2D eigenvalue weighted by Gasteiger charge is 2.34. The Morgan fingerprint density at radius 3 is 2.62 bits per heavy atom. The highest BCUT2D eigenvalue weighted by atomic mass is 35.5. The second kappa shape index (κ2) is 6.88. The third kappa shape index (κ3) is 3.20. The summed E-state index contributed by atoms with van der Waals surface area (Å²) in [7, 11) is 0. The molecule has 0 saturated carbocycles. The molecule has 0 aliphatic carbocycles. The van der Waals surface area contributed by atoms with Crippen LogP contribution < -0.4 is 0 Å². The minimum Gasteiger partial charge on any atom is -0.337 e. The first-order valence-electron chi connectivity index (χ1n) is 8.28. The zero-order valence-corrected chi connectivity index (χ0v) is 14.5. The van der Waals surface area contributed by atoms with Crippen LogP contribution >= 0.6 is 11.6 Å². The fraction of sp³-hybridized carbons (Fsp3) is 0.211. The summed E-state index contributed by atoms with van der Waals surface area (Å²) in [6, 6.07) is 12.4. The number of hydrogen-bond acceptors (Lipinski definition) is 4. The van der Waals surface area contributed by atoms with Crippen molar-refractivity contribution >= 4 is 17.5 Å². The average molecular weight is 372 g/mol. The SMILES string of the molecule is O=C(c1ccc(F)cc1)N1CCCC1c1nc(-c2ccc(Cl)cc2)no1. The molecule has 132 valence electrons. The van der Waals surface area contributed by atoms with Crippen LogP contribution in [-0.4, -0.2) is 27.5 Å². The van der Waals surface area contributed by atoms with Crippen LogP contribution in [0.3, 0.4) is 0 Å². The van der Waals surface area contributed by atoms with E-state index in [1.807, 2.05) is 12.1 Å². The van der Waals surface area contributed by atoms with Crippen LogP contribution in [0.2, 0.25) is 5.02 Å². The van der Waals surface area contributed by atoms with Crippen molar-refractivity contribution in [3.05, 3.63) is 70.8 Å². The van der Waals surface area contributed by atoms with Crippen LogP contribution in [0, 0.1) is 5.82 Å². The highest BCUT2D eigenvalue weighted by Crippen LogP contribution is 2.33. The fourth-order valence-electron chi connectivity index (χ4n) is 3.11. The van der Waals surface area contributed by atoms with E-state index in [0.29, 0.717) is 28.8 Å². The largest absolute Gasteiger partial charge is 0.337 e. The normalized spacial score (nSPS) is 16.8. The van der Waals surface area contributed by atoms with E-state index in [9.17, 15) is 9.18 Å². The van der Waals surface area contributed by atoms with Crippen molar-refractivity contribution < 1.29 is 13.7 Å². The lowest BCUT2D eigenvalue weighted by Gasteiger charge is -2.21. The average Bonchev–Trinajstić information content (AvgIpc) is 3.31. The third-order valence-electron chi connectivity index (χ3n) is 4.43. The molecule has 0 bridgehead atoms. The standard InChI is InChI=1S/C19H15ClFN3O2/c20-14-7-3-12(4-8-14)17-22-18(26-23-17)16-2-1-11-24(16)19(25)13-5-9-15(21)10-6-13/h3-10,16H,1-2,11H2. The molecule has 3 aromatic rings. The maximum absolute atomic E-state index is 13.1. The van der Waals surface area contributed by atoms with Gasteiger partial charge in [-0.1, -0.05) is 16.8 Å². The number of benzene rings is 2.